The first-order valence-corrected chi connectivity index (χ1v) is 9.17. The summed E-state index contributed by atoms with van der Waals surface area (Å²) in [6.45, 7) is 0. The number of rotatable bonds is 6. The van der Waals surface area contributed by atoms with Crippen LogP contribution in [0.1, 0.15) is 31.2 Å². The van der Waals surface area contributed by atoms with Gasteiger partial charge in [0.05, 0.1) is 12.2 Å². The van der Waals surface area contributed by atoms with E-state index in [2.05, 4.69) is 5.10 Å². The maximum absolute atomic E-state index is 12.6. The highest BCUT2D eigenvalue weighted by atomic mass is 16.5. The molecule has 0 spiro atoms. The summed E-state index contributed by atoms with van der Waals surface area (Å²) >= 11 is 0. The molecule has 1 heterocycles. The summed E-state index contributed by atoms with van der Waals surface area (Å²) in [4.78, 5) is 14.3. The van der Waals surface area contributed by atoms with E-state index in [1.54, 1.807) is 22.8 Å². The number of hydrogen-bond donors (Lipinski definition) is 1. The number of aryl methyl sites for hydroxylation is 2. The van der Waals surface area contributed by atoms with Crippen molar-refractivity contribution < 1.29 is 14.6 Å². The van der Waals surface area contributed by atoms with Crippen LogP contribution in [0.2, 0.25) is 0 Å². The molecule has 2 aromatic rings. The summed E-state index contributed by atoms with van der Waals surface area (Å²) in [5.74, 6) is 0.793. The molecule has 0 saturated heterocycles. The Morgan fingerprint density at radius 2 is 2.12 bits per heavy atom. The van der Waals surface area contributed by atoms with Crippen molar-refractivity contribution in [2.45, 2.75) is 50.4 Å². The highest BCUT2D eigenvalue weighted by Crippen LogP contribution is 2.27. The summed E-state index contributed by atoms with van der Waals surface area (Å²) in [6.07, 6.45) is 6.33. The Hall–Kier alpha value is -2.34. The van der Waals surface area contributed by atoms with Crippen LogP contribution >= 0.6 is 0 Å². The van der Waals surface area contributed by atoms with Crippen LogP contribution in [0, 0.1) is 0 Å². The number of hydrogen-bond acceptors (Lipinski definition) is 4. The number of carbonyl (C=O) groups is 1. The number of aromatic nitrogens is 2. The van der Waals surface area contributed by atoms with Crippen LogP contribution in [0.3, 0.4) is 0 Å². The van der Waals surface area contributed by atoms with Gasteiger partial charge in [-0.05, 0) is 43.4 Å². The third-order valence-corrected chi connectivity index (χ3v) is 5.07. The van der Waals surface area contributed by atoms with Crippen molar-refractivity contribution in [2.24, 2.45) is 7.05 Å². The Bertz CT molecular complexity index is 716. The van der Waals surface area contributed by atoms with E-state index in [1.807, 2.05) is 43.6 Å². The van der Waals surface area contributed by atoms with Gasteiger partial charge in [-0.25, -0.2) is 0 Å². The molecule has 26 heavy (non-hydrogen) atoms. The zero-order valence-electron chi connectivity index (χ0n) is 15.4. The molecule has 1 amide bonds. The van der Waals surface area contributed by atoms with Gasteiger partial charge in [0.1, 0.15) is 18.0 Å². The Balaban J connectivity index is 1.57. The number of likely N-dealkylation sites (N-methyl/N-ethyl adjacent to an activating group) is 1. The van der Waals surface area contributed by atoms with Crippen molar-refractivity contribution in [2.75, 3.05) is 7.05 Å². The molecule has 140 valence electrons. The highest BCUT2D eigenvalue weighted by molar-refractivity contribution is 5.76. The molecule has 1 aliphatic rings. The smallest absolute Gasteiger partial charge is 0.222 e. The standard InChI is InChI=1S/C20H27N3O3/c1-22-14-15(13-21-22)11-12-19(24)23(2)17-9-6-10-18(20(17)25)26-16-7-4-3-5-8-16/h3-5,7-8,13-14,17-18,20,25H,6,9-12H2,1-2H3/t17-,18+,20+/m1/s1. The van der Waals surface area contributed by atoms with Crippen LogP contribution in [0.15, 0.2) is 42.7 Å². The number of ether oxygens (including phenoxy) is 1. The first-order valence-electron chi connectivity index (χ1n) is 9.17. The number of para-hydroxylation sites is 1. The van der Waals surface area contributed by atoms with E-state index < -0.39 is 6.10 Å². The Morgan fingerprint density at radius 3 is 2.81 bits per heavy atom. The molecule has 0 bridgehead atoms. The molecule has 1 aliphatic carbocycles. The SMILES string of the molecule is CN(C(=O)CCc1cnn(C)c1)[C@@H]1CCC[C@H](Oc2ccccc2)[C@H]1O. The first kappa shape index (κ1) is 18.5. The molecule has 1 N–H and O–H groups in total. The lowest BCUT2D eigenvalue weighted by Gasteiger charge is -2.39. The van der Waals surface area contributed by atoms with Gasteiger partial charge in [0, 0.05) is 26.7 Å². The molecule has 0 radical (unpaired) electrons. The monoisotopic (exact) mass is 357 g/mol. The van der Waals surface area contributed by atoms with Gasteiger partial charge in [0.2, 0.25) is 5.91 Å². The van der Waals surface area contributed by atoms with Crippen LogP contribution in [-0.4, -0.2) is 51.0 Å². The summed E-state index contributed by atoms with van der Waals surface area (Å²) < 4.78 is 7.70. The molecule has 3 atom stereocenters. The summed E-state index contributed by atoms with van der Waals surface area (Å²) in [5, 5.41) is 14.9. The zero-order chi connectivity index (χ0) is 18.5. The third-order valence-electron chi connectivity index (χ3n) is 5.07. The lowest BCUT2D eigenvalue weighted by Crippen LogP contribution is -2.53. The fraction of sp³-hybridized carbons (Fsp3) is 0.500. The number of aliphatic hydroxyl groups excluding tert-OH is 1. The van der Waals surface area contributed by atoms with Crippen molar-refractivity contribution in [3.8, 4) is 5.75 Å². The van der Waals surface area contributed by atoms with E-state index in [9.17, 15) is 9.90 Å². The number of amides is 1. The first-order chi connectivity index (χ1) is 12.5. The molecule has 6 heteroatoms. The number of benzene rings is 1. The van der Waals surface area contributed by atoms with E-state index in [1.165, 1.54) is 0 Å². The Kier molecular flexibility index (Phi) is 5.93. The minimum Gasteiger partial charge on any atom is -0.488 e. The predicted octanol–water partition coefficient (Wildman–Crippen LogP) is 2.17. The normalized spacial score (nSPS) is 22.8. The summed E-state index contributed by atoms with van der Waals surface area (Å²) in [6, 6.07) is 9.32. The summed E-state index contributed by atoms with van der Waals surface area (Å²) in [5.41, 5.74) is 1.05. The predicted molar refractivity (Wildman–Crippen MR) is 98.8 cm³/mol. The number of nitrogens with zero attached hydrogens (tertiary/aromatic N) is 3. The minimum absolute atomic E-state index is 0.0401. The second-order valence-corrected chi connectivity index (χ2v) is 6.99. The lowest BCUT2D eigenvalue weighted by atomic mass is 9.88. The number of carbonyl (C=O) groups excluding carboxylic acids is 1. The molecule has 1 aromatic carbocycles. The molecule has 0 unspecified atom stereocenters. The van der Waals surface area contributed by atoms with E-state index in [-0.39, 0.29) is 18.1 Å². The largest absolute Gasteiger partial charge is 0.488 e. The van der Waals surface area contributed by atoms with Crippen LogP contribution < -0.4 is 4.74 Å². The zero-order valence-corrected chi connectivity index (χ0v) is 15.4. The third kappa shape index (κ3) is 4.43. The van der Waals surface area contributed by atoms with Crippen LogP contribution in [0.4, 0.5) is 0 Å². The molecule has 1 fully saturated rings. The highest BCUT2D eigenvalue weighted by Gasteiger charge is 2.37. The molecular formula is C20H27N3O3. The van der Waals surface area contributed by atoms with Gasteiger partial charge in [0.15, 0.2) is 0 Å². The van der Waals surface area contributed by atoms with Crippen molar-refractivity contribution in [1.29, 1.82) is 0 Å². The van der Waals surface area contributed by atoms with Crippen LogP contribution in [-0.2, 0) is 18.3 Å². The average molecular weight is 357 g/mol. The van der Waals surface area contributed by atoms with Crippen molar-refractivity contribution in [3.63, 3.8) is 0 Å². The Morgan fingerprint density at radius 1 is 1.35 bits per heavy atom. The molecular weight excluding hydrogens is 330 g/mol. The van der Waals surface area contributed by atoms with Crippen LogP contribution in [0.25, 0.3) is 0 Å². The van der Waals surface area contributed by atoms with Gasteiger partial charge >= 0.3 is 0 Å². The van der Waals surface area contributed by atoms with E-state index in [0.29, 0.717) is 12.8 Å². The van der Waals surface area contributed by atoms with Crippen molar-refractivity contribution >= 4 is 5.91 Å². The topological polar surface area (TPSA) is 67.6 Å². The van der Waals surface area contributed by atoms with Crippen molar-refractivity contribution in [1.82, 2.24) is 14.7 Å². The van der Waals surface area contributed by atoms with E-state index in [4.69, 9.17) is 4.74 Å². The molecule has 1 saturated carbocycles. The van der Waals surface area contributed by atoms with Gasteiger partial charge in [-0.1, -0.05) is 18.2 Å². The fourth-order valence-corrected chi connectivity index (χ4v) is 3.56. The van der Waals surface area contributed by atoms with Crippen LogP contribution in [0.5, 0.6) is 5.75 Å². The molecule has 3 rings (SSSR count). The Labute approximate surface area is 154 Å². The molecule has 0 aliphatic heterocycles. The lowest BCUT2D eigenvalue weighted by molar-refractivity contribution is -0.138. The molecule has 6 nitrogen and oxygen atoms in total. The fourth-order valence-electron chi connectivity index (χ4n) is 3.56. The summed E-state index contributed by atoms with van der Waals surface area (Å²) in [7, 11) is 3.65. The maximum Gasteiger partial charge on any atom is 0.222 e. The van der Waals surface area contributed by atoms with Gasteiger partial charge in [0.25, 0.3) is 0 Å². The second kappa shape index (κ2) is 8.36. The van der Waals surface area contributed by atoms with Gasteiger partial charge in [-0.3, -0.25) is 9.48 Å². The van der Waals surface area contributed by atoms with Gasteiger partial charge in [-0.2, -0.15) is 5.10 Å². The molecule has 1 aromatic heterocycles. The maximum atomic E-state index is 12.6. The van der Waals surface area contributed by atoms with E-state index in [0.717, 1.165) is 30.6 Å². The van der Waals surface area contributed by atoms with E-state index >= 15 is 0 Å². The minimum atomic E-state index is -0.684. The number of aliphatic hydroxyl groups is 1. The second-order valence-electron chi connectivity index (χ2n) is 6.99. The van der Waals surface area contributed by atoms with Gasteiger partial charge < -0.3 is 14.7 Å². The van der Waals surface area contributed by atoms with Gasteiger partial charge in [-0.15, -0.1) is 0 Å². The van der Waals surface area contributed by atoms with Crippen molar-refractivity contribution in [3.05, 3.63) is 48.3 Å². The quantitative estimate of drug-likeness (QED) is 0.860. The average Bonchev–Trinajstić information content (AvgIpc) is 3.07.